The number of nitrogens with zero attached hydrogens (tertiary/aromatic N) is 2. The topological polar surface area (TPSA) is 51.4 Å². The summed E-state index contributed by atoms with van der Waals surface area (Å²) in [6.07, 6.45) is 5.27. The summed E-state index contributed by atoms with van der Waals surface area (Å²) in [5.74, 6) is 1.84. The van der Waals surface area contributed by atoms with Gasteiger partial charge in [-0.1, -0.05) is 0 Å². The van der Waals surface area contributed by atoms with Gasteiger partial charge in [0.1, 0.15) is 15.7 Å². The average molecular weight is 264 g/mol. The zero-order chi connectivity index (χ0) is 12.8. The third-order valence-corrected chi connectivity index (χ3v) is 5.35. The number of pyridine rings is 1. The van der Waals surface area contributed by atoms with Crippen LogP contribution in [0.25, 0.3) is 5.52 Å². The summed E-state index contributed by atoms with van der Waals surface area (Å²) in [6.45, 7) is 2.06. The molecule has 4 nitrogen and oxygen atoms in total. The highest BCUT2D eigenvalue weighted by atomic mass is 32.2. The molecule has 0 saturated carbocycles. The predicted octanol–water partition coefficient (Wildman–Crippen LogP) is 1.93. The third-order valence-electron chi connectivity index (χ3n) is 3.64. The molecule has 0 bridgehead atoms. The van der Waals surface area contributed by atoms with Crippen LogP contribution in [0.15, 0.2) is 24.5 Å². The highest BCUT2D eigenvalue weighted by molar-refractivity contribution is 7.91. The van der Waals surface area contributed by atoms with Crippen LogP contribution >= 0.6 is 0 Å². The number of hydrogen-bond acceptors (Lipinski definition) is 3. The Morgan fingerprint density at radius 3 is 2.78 bits per heavy atom. The van der Waals surface area contributed by atoms with E-state index < -0.39 is 9.84 Å². The summed E-state index contributed by atoms with van der Waals surface area (Å²) in [5, 5.41) is 0. The first-order valence-corrected chi connectivity index (χ1v) is 8.01. The first-order chi connectivity index (χ1) is 8.55. The van der Waals surface area contributed by atoms with Crippen molar-refractivity contribution in [3.63, 3.8) is 0 Å². The molecule has 0 spiro atoms. The van der Waals surface area contributed by atoms with Crippen LogP contribution in [0.1, 0.15) is 30.1 Å². The van der Waals surface area contributed by atoms with Crippen molar-refractivity contribution in [1.82, 2.24) is 9.38 Å². The fraction of sp³-hybridized carbons (Fsp3) is 0.462. The minimum Gasteiger partial charge on any atom is -0.304 e. The SMILES string of the molecule is Cc1ccn2c(C3CCS(=O)(=O)CC3)ncc2c1. The van der Waals surface area contributed by atoms with E-state index in [0.717, 1.165) is 11.3 Å². The van der Waals surface area contributed by atoms with E-state index in [1.807, 2.05) is 12.4 Å². The lowest BCUT2D eigenvalue weighted by Crippen LogP contribution is -2.23. The second-order valence-electron chi connectivity index (χ2n) is 5.04. The molecule has 1 aliphatic heterocycles. The van der Waals surface area contributed by atoms with E-state index in [9.17, 15) is 8.42 Å². The molecule has 3 heterocycles. The van der Waals surface area contributed by atoms with Crippen molar-refractivity contribution in [3.05, 3.63) is 35.9 Å². The lowest BCUT2D eigenvalue weighted by atomic mass is 10.0. The van der Waals surface area contributed by atoms with Gasteiger partial charge >= 0.3 is 0 Å². The van der Waals surface area contributed by atoms with Crippen LogP contribution in [0, 0.1) is 6.92 Å². The molecule has 0 unspecified atom stereocenters. The minimum absolute atomic E-state index is 0.263. The van der Waals surface area contributed by atoms with Gasteiger partial charge in [0.2, 0.25) is 0 Å². The average Bonchev–Trinajstić information content (AvgIpc) is 2.72. The number of hydrogen-bond donors (Lipinski definition) is 0. The molecule has 0 aliphatic carbocycles. The van der Waals surface area contributed by atoms with Gasteiger partial charge < -0.3 is 4.40 Å². The Balaban J connectivity index is 1.96. The standard InChI is InChI=1S/C13H16N2O2S/c1-10-2-5-15-12(8-10)9-14-13(15)11-3-6-18(16,17)7-4-11/h2,5,8-9,11H,3-4,6-7H2,1H3. The van der Waals surface area contributed by atoms with Gasteiger partial charge in [-0.2, -0.15) is 0 Å². The van der Waals surface area contributed by atoms with Gasteiger partial charge in [0.25, 0.3) is 0 Å². The van der Waals surface area contributed by atoms with Crippen LogP contribution < -0.4 is 0 Å². The van der Waals surface area contributed by atoms with Crippen LogP contribution in [0.3, 0.4) is 0 Å². The maximum Gasteiger partial charge on any atom is 0.150 e. The molecule has 0 radical (unpaired) electrons. The maximum atomic E-state index is 11.4. The smallest absolute Gasteiger partial charge is 0.150 e. The Bertz CT molecular complexity index is 674. The van der Waals surface area contributed by atoms with Crippen molar-refractivity contribution in [2.24, 2.45) is 0 Å². The predicted molar refractivity (Wildman–Crippen MR) is 70.6 cm³/mol. The molecule has 1 aliphatic rings. The second kappa shape index (κ2) is 4.09. The van der Waals surface area contributed by atoms with Gasteiger partial charge in [0.05, 0.1) is 23.2 Å². The van der Waals surface area contributed by atoms with Crippen molar-refractivity contribution in [2.45, 2.75) is 25.7 Å². The number of aromatic nitrogens is 2. The Labute approximate surface area is 107 Å². The van der Waals surface area contributed by atoms with Crippen molar-refractivity contribution in [1.29, 1.82) is 0 Å². The van der Waals surface area contributed by atoms with Crippen molar-refractivity contribution >= 4 is 15.4 Å². The van der Waals surface area contributed by atoms with Crippen LogP contribution in [0.2, 0.25) is 0 Å². The van der Waals surface area contributed by atoms with Gasteiger partial charge in [-0.15, -0.1) is 0 Å². The summed E-state index contributed by atoms with van der Waals surface area (Å²) >= 11 is 0. The molecule has 0 atom stereocenters. The van der Waals surface area contributed by atoms with E-state index >= 15 is 0 Å². The van der Waals surface area contributed by atoms with E-state index in [-0.39, 0.29) is 5.92 Å². The number of aryl methyl sites for hydroxylation is 1. The molecular weight excluding hydrogens is 248 g/mol. The van der Waals surface area contributed by atoms with Gasteiger partial charge in [-0.05, 0) is 37.5 Å². The molecule has 1 fully saturated rings. The molecule has 0 N–H and O–H groups in total. The summed E-state index contributed by atoms with van der Waals surface area (Å²) in [7, 11) is -2.80. The highest BCUT2D eigenvalue weighted by Crippen LogP contribution is 2.28. The van der Waals surface area contributed by atoms with Crippen LogP contribution in [-0.2, 0) is 9.84 Å². The molecular formula is C13H16N2O2S. The minimum atomic E-state index is -2.80. The van der Waals surface area contributed by atoms with Crippen LogP contribution in [0.5, 0.6) is 0 Å². The monoisotopic (exact) mass is 264 g/mol. The fourth-order valence-corrected chi connectivity index (χ4v) is 4.07. The Kier molecular flexibility index (Phi) is 2.66. The molecule has 2 aromatic rings. The zero-order valence-corrected chi connectivity index (χ0v) is 11.2. The van der Waals surface area contributed by atoms with Gasteiger partial charge in [0, 0.05) is 12.1 Å². The van der Waals surface area contributed by atoms with Gasteiger partial charge in [-0.3, -0.25) is 0 Å². The largest absolute Gasteiger partial charge is 0.304 e. The van der Waals surface area contributed by atoms with E-state index in [2.05, 4.69) is 28.4 Å². The Morgan fingerprint density at radius 1 is 1.33 bits per heavy atom. The molecule has 5 heteroatoms. The Hall–Kier alpha value is -1.36. The molecule has 0 amide bonds. The highest BCUT2D eigenvalue weighted by Gasteiger charge is 2.27. The van der Waals surface area contributed by atoms with Crippen LogP contribution in [0.4, 0.5) is 0 Å². The first-order valence-electron chi connectivity index (χ1n) is 6.19. The molecule has 18 heavy (non-hydrogen) atoms. The van der Waals surface area contributed by atoms with Crippen molar-refractivity contribution in [2.75, 3.05) is 11.5 Å². The van der Waals surface area contributed by atoms with E-state index in [4.69, 9.17) is 0 Å². The number of imidazole rings is 1. The quantitative estimate of drug-likeness (QED) is 0.791. The molecule has 2 aromatic heterocycles. The third kappa shape index (κ3) is 2.03. The van der Waals surface area contributed by atoms with E-state index in [1.54, 1.807) is 0 Å². The first kappa shape index (κ1) is 11.7. The van der Waals surface area contributed by atoms with Gasteiger partial charge in [0.15, 0.2) is 0 Å². The summed E-state index contributed by atoms with van der Waals surface area (Å²) in [6, 6.07) is 4.15. The molecule has 3 rings (SSSR count). The Morgan fingerprint density at radius 2 is 2.06 bits per heavy atom. The summed E-state index contributed by atoms with van der Waals surface area (Å²) < 4.78 is 25.0. The fourth-order valence-electron chi connectivity index (χ4n) is 2.58. The second-order valence-corrected chi connectivity index (χ2v) is 7.35. The van der Waals surface area contributed by atoms with Crippen molar-refractivity contribution in [3.8, 4) is 0 Å². The van der Waals surface area contributed by atoms with Gasteiger partial charge in [-0.25, -0.2) is 13.4 Å². The van der Waals surface area contributed by atoms with E-state index in [1.165, 1.54) is 5.56 Å². The molecule has 0 aromatic carbocycles. The number of rotatable bonds is 1. The number of fused-ring (bicyclic) bond motifs is 1. The molecule has 96 valence electrons. The summed E-state index contributed by atoms with van der Waals surface area (Å²) in [5.41, 5.74) is 2.29. The van der Waals surface area contributed by atoms with E-state index in [0.29, 0.717) is 24.3 Å². The molecule has 1 saturated heterocycles. The normalized spacial score (nSPS) is 20.3. The van der Waals surface area contributed by atoms with Crippen LogP contribution in [-0.4, -0.2) is 29.3 Å². The lowest BCUT2D eigenvalue weighted by Gasteiger charge is -2.20. The lowest BCUT2D eigenvalue weighted by molar-refractivity contribution is 0.536. The number of sulfone groups is 1. The van der Waals surface area contributed by atoms with Crippen molar-refractivity contribution < 1.29 is 8.42 Å². The zero-order valence-electron chi connectivity index (χ0n) is 10.3. The summed E-state index contributed by atoms with van der Waals surface area (Å²) in [4.78, 5) is 4.48. The maximum absolute atomic E-state index is 11.4.